The van der Waals surface area contributed by atoms with Crippen LogP contribution >= 0.6 is 0 Å². The summed E-state index contributed by atoms with van der Waals surface area (Å²) in [4.78, 5) is 2.23. The summed E-state index contributed by atoms with van der Waals surface area (Å²) in [6.07, 6.45) is -0.419. The van der Waals surface area contributed by atoms with Crippen LogP contribution in [-0.2, 0) is 27.9 Å². The second-order valence-corrected chi connectivity index (χ2v) is 13.5. The number of rotatable bonds is 9. The lowest BCUT2D eigenvalue weighted by Crippen LogP contribution is -2.41. The maximum absolute atomic E-state index is 6.16. The number of benzene rings is 3. The molecule has 2 heterocycles. The molecule has 43 heavy (non-hydrogen) atoms. The Bertz CT molecular complexity index is 1260. The quantitative estimate of drug-likeness (QED) is 0.234. The predicted molar refractivity (Wildman–Crippen MR) is 172 cm³/mol. The molecular weight excluding hydrogens is 540 g/mol. The van der Waals surface area contributed by atoms with Crippen LogP contribution in [0.2, 0.25) is 0 Å². The van der Waals surface area contributed by atoms with Crippen LogP contribution in [0.1, 0.15) is 92.6 Å². The van der Waals surface area contributed by atoms with Gasteiger partial charge < -0.3 is 32.8 Å². The van der Waals surface area contributed by atoms with E-state index in [1.54, 1.807) is 0 Å². The summed E-state index contributed by atoms with van der Waals surface area (Å²) in [6.45, 7) is 20.2. The van der Waals surface area contributed by atoms with E-state index >= 15 is 0 Å². The molecule has 0 radical (unpaired) electrons. The second kappa shape index (κ2) is 11.7. The van der Waals surface area contributed by atoms with E-state index in [9.17, 15) is 0 Å². The number of anilines is 3. The Labute approximate surface area is 258 Å². The number of para-hydroxylation sites is 1. The fourth-order valence-electron chi connectivity index (χ4n) is 4.99. The zero-order valence-corrected chi connectivity index (χ0v) is 27.2. The molecule has 2 saturated heterocycles. The fraction of sp³-hybridized carbons (Fsp3) is 0.471. The van der Waals surface area contributed by atoms with Crippen LogP contribution in [0.25, 0.3) is 0 Å². The van der Waals surface area contributed by atoms with Crippen molar-refractivity contribution in [2.75, 3.05) is 4.90 Å². The monoisotopic (exact) mass is 585 g/mol. The van der Waals surface area contributed by atoms with Gasteiger partial charge in [0.1, 0.15) is 0 Å². The maximum atomic E-state index is 6.16. The molecule has 3 aromatic rings. The average molecular weight is 585 g/mol. The first kappa shape index (κ1) is 31.8. The average Bonchev–Trinajstić information content (AvgIpc) is 3.27. The lowest BCUT2D eigenvalue weighted by Gasteiger charge is -2.31. The summed E-state index contributed by atoms with van der Waals surface area (Å²) in [5, 5.41) is 0. The zero-order chi connectivity index (χ0) is 31.2. The molecule has 228 valence electrons. The van der Waals surface area contributed by atoms with Gasteiger partial charge in [-0.1, -0.05) is 42.5 Å². The minimum Gasteiger partial charge on any atom is -0.379 e. The minimum absolute atomic E-state index is 0.210. The Balaban J connectivity index is 1.31. The molecule has 9 heteroatoms. The van der Waals surface area contributed by atoms with Crippen LogP contribution in [0.3, 0.4) is 0 Å². The molecule has 2 aliphatic rings. The largest absolute Gasteiger partial charge is 0.640 e. The molecule has 2 aliphatic heterocycles. The van der Waals surface area contributed by atoms with Gasteiger partial charge in [-0.25, -0.2) is 0 Å². The Morgan fingerprint density at radius 1 is 0.488 bits per heavy atom. The first-order valence-electron chi connectivity index (χ1n) is 15.2. The smallest absolute Gasteiger partial charge is 0.379 e. The molecule has 0 aliphatic carbocycles. The van der Waals surface area contributed by atoms with Crippen molar-refractivity contribution in [1.82, 2.24) is 0 Å². The van der Waals surface area contributed by atoms with Crippen molar-refractivity contribution in [3.05, 3.63) is 90.0 Å². The topological polar surface area (TPSA) is 58.6 Å². The van der Waals surface area contributed by atoms with Gasteiger partial charge in [0.05, 0.1) is 34.6 Å². The lowest BCUT2D eigenvalue weighted by molar-refractivity contribution is 0.00578. The van der Waals surface area contributed by atoms with Gasteiger partial charge in [0, 0.05) is 17.1 Å². The maximum Gasteiger partial charge on any atom is 0.640 e. The van der Waals surface area contributed by atoms with Crippen LogP contribution in [0, 0.1) is 0 Å². The van der Waals surface area contributed by atoms with Crippen molar-refractivity contribution in [3.8, 4) is 0 Å². The number of hydrogen-bond acceptors (Lipinski definition) is 7. The highest BCUT2D eigenvalue weighted by Gasteiger charge is 2.54. The Morgan fingerprint density at radius 2 is 0.791 bits per heavy atom. The summed E-state index contributed by atoms with van der Waals surface area (Å²) in [6, 6.07) is 27.2. The molecule has 3 aromatic carbocycles. The van der Waals surface area contributed by atoms with Crippen molar-refractivity contribution in [2.24, 2.45) is 0 Å². The number of hydrogen-bond donors (Lipinski definition) is 0. The normalized spacial score (nSPS) is 21.5. The van der Waals surface area contributed by atoms with E-state index in [0.29, 0.717) is 0 Å². The molecule has 0 aromatic heterocycles. The Hall–Kier alpha value is -2.65. The Kier molecular flexibility index (Phi) is 8.64. The fourth-order valence-corrected chi connectivity index (χ4v) is 4.99. The van der Waals surface area contributed by atoms with Gasteiger partial charge in [-0.05, 0) is 117 Å². The summed E-state index contributed by atoms with van der Waals surface area (Å²) in [5.41, 5.74) is 3.44. The molecule has 0 bridgehead atoms. The van der Waals surface area contributed by atoms with Crippen molar-refractivity contribution >= 4 is 31.7 Å². The van der Waals surface area contributed by atoms with E-state index in [2.05, 4.69) is 65.6 Å². The molecule has 0 saturated carbocycles. The summed E-state index contributed by atoms with van der Waals surface area (Å²) in [7, 11) is -1.43. The van der Waals surface area contributed by atoms with E-state index in [4.69, 9.17) is 27.9 Å². The highest BCUT2D eigenvalue weighted by atomic mass is 16.8. The Morgan fingerprint density at radius 3 is 1.12 bits per heavy atom. The predicted octanol–water partition coefficient (Wildman–Crippen LogP) is 8.49. The van der Waals surface area contributed by atoms with Gasteiger partial charge in [-0.2, -0.15) is 0 Å². The summed E-state index contributed by atoms with van der Waals surface area (Å²) in [5.74, 6) is 0. The first-order valence-corrected chi connectivity index (χ1v) is 15.2. The van der Waals surface area contributed by atoms with Crippen LogP contribution in [0.5, 0.6) is 0 Å². The molecule has 7 nitrogen and oxygen atoms in total. The van der Waals surface area contributed by atoms with E-state index in [-0.39, 0.29) is 12.2 Å². The van der Waals surface area contributed by atoms with E-state index in [1.165, 1.54) is 0 Å². The molecule has 0 N–H and O–H groups in total. The van der Waals surface area contributed by atoms with Crippen molar-refractivity contribution in [1.29, 1.82) is 0 Å². The highest BCUT2D eigenvalue weighted by Crippen LogP contribution is 2.41. The molecule has 2 unspecified atom stereocenters. The number of nitrogens with zero attached hydrogens (tertiary/aromatic N) is 1. The first-order chi connectivity index (χ1) is 20.1. The van der Waals surface area contributed by atoms with Crippen molar-refractivity contribution in [3.63, 3.8) is 0 Å². The van der Waals surface area contributed by atoms with Gasteiger partial charge in [0.2, 0.25) is 0 Å². The van der Waals surface area contributed by atoms with E-state index in [1.807, 2.05) is 87.4 Å². The van der Waals surface area contributed by atoms with Gasteiger partial charge in [0.25, 0.3) is 0 Å². The van der Waals surface area contributed by atoms with Gasteiger partial charge in [-0.3, -0.25) is 0 Å². The van der Waals surface area contributed by atoms with Crippen molar-refractivity contribution < 1.29 is 27.9 Å². The van der Waals surface area contributed by atoms with Crippen LogP contribution in [0.4, 0.5) is 17.1 Å². The SMILES string of the molecule is CC(OB1OC(C)(C)C(C)(C)O1)c1ccc(N(c2ccccc2)c2ccc(C(C)OB3OC(C)(C)C(C)(C)O3)cc2)cc1. The third kappa shape index (κ3) is 6.58. The third-order valence-corrected chi connectivity index (χ3v) is 9.35. The van der Waals surface area contributed by atoms with Crippen LogP contribution in [-0.4, -0.2) is 37.0 Å². The summed E-state index contributed by atoms with van der Waals surface area (Å²) < 4.78 is 36.5. The zero-order valence-electron chi connectivity index (χ0n) is 27.2. The lowest BCUT2D eigenvalue weighted by atomic mass is 9.90. The standard InChI is InChI=1S/C34H45B2NO6/c1-24(38-35-40-31(3,4)32(5,6)41-35)26-16-20-29(21-17-26)37(28-14-12-11-13-15-28)30-22-18-27(19-23-30)25(2)39-36-42-33(7,8)34(9,10)43-36/h11-25H,1-10H3. The third-order valence-electron chi connectivity index (χ3n) is 9.35. The molecule has 0 amide bonds. The molecule has 5 rings (SSSR count). The van der Waals surface area contributed by atoms with E-state index < -0.39 is 37.0 Å². The highest BCUT2D eigenvalue weighted by molar-refractivity contribution is 6.38. The molecular formula is C34H45B2NO6. The van der Waals surface area contributed by atoms with Crippen LogP contribution in [0.15, 0.2) is 78.9 Å². The van der Waals surface area contributed by atoms with E-state index in [0.717, 1.165) is 28.2 Å². The molecule has 2 fully saturated rings. The summed E-state index contributed by atoms with van der Waals surface area (Å²) >= 11 is 0. The minimum atomic E-state index is -0.713. The van der Waals surface area contributed by atoms with Crippen LogP contribution < -0.4 is 4.90 Å². The molecule has 2 atom stereocenters. The molecule has 0 spiro atoms. The van der Waals surface area contributed by atoms with Crippen molar-refractivity contribution in [2.45, 2.75) is 104 Å². The van der Waals surface area contributed by atoms with Gasteiger partial charge >= 0.3 is 14.6 Å². The second-order valence-electron chi connectivity index (χ2n) is 13.5. The van der Waals surface area contributed by atoms with Gasteiger partial charge in [-0.15, -0.1) is 0 Å². The van der Waals surface area contributed by atoms with Gasteiger partial charge in [0.15, 0.2) is 0 Å².